The zero-order valence-electron chi connectivity index (χ0n) is 15.5. The normalized spacial score (nSPS) is 19.7. The molecule has 3 rings (SSSR count). The predicted octanol–water partition coefficient (Wildman–Crippen LogP) is 2.43. The Morgan fingerprint density at radius 3 is 2.56 bits per heavy atom. The highest BCUT2D eigenvalue weighted by Gasteiger charge is 2.34. The minimum atomic E-state index is -0.312. The molecule has 2 unspecified atom stereocenters. The molecule has 142 valence electrons. The molecule has 0 aliphatic carbocycles. The number of halogens is 1. The second kappa shape index (κ2) is 8.31. The monoisotopic (exact) mass is 369 g/mol. The van der Waals surface area contributed by atoms with Gasteiger partial charge in [-0.05, 0) is 55.8 Å². The second-order valence-electron chi connectivity index (χ2n) is 6.85. The number of hydrogen-bond donors (Lipinski definition) is 2. The van der Waals surface area contributed by atoms with E-state index in [1.165, 1.54) is 12.1 Å². The van der Waals surface area contributed by atoms with Crippen LogP contribution in [0.5, 0.6) is 0 Å². The van der Waals surface area contributed by atoms with E-state index in [2.05, 4.69) is 10.6 Å². The number of likely N-dealkylation sites (N-methyl/N-ethyl adjacent to an activating group) is 2. The van der Waals surface area contributed by atoms with Crippen molar-refractivity contribution >= 4 is 11.8 Å². The molecule has 1 aliphatic rings. The Bertz CT molecular complexity index is 840. The Morgan fingerprint density at radius 2 is 1.85 bits per heavy atom. The lowest BCUT2D eigenvalue weighted by atomic mass is 10.0. The maximum atomic E-state index is 13.5. The molecule has 6 heteroatoms. The zero-order chi connectivity index (χ0) is 19.4. The second-order valence-corrected chi connectivity index (χ2v) is 6.85. The Labute approximate surface area is 158 Å². The molecule has 1 aliphatic heterocycles. The molecule has 2 aromatic rings. The lowest BCUT2D eigenvalue weighted by Crippen LogP contribution is -2.41. The van der Waals surface area contributed by atoms with E-state index in [9.17, 15) is 14.0 Å². The minimum Gasteiger partial charge on any atom is -0.355 e. The van der Waals surface area contributed by atoms with Crippen molar-refractivity contribution in [3.05, 3.63) is 59.9 Å². The van der Waals surface area contributed by atoms with Crippen LogP contribution < -0.4 is 10.6 Å². The van der Waals surface area contributed by atoms with Gasteiger partial charge < -0.3 is 10.6 Å². The number of carbonyl (C=O) groups is 2. The van der Waals surface area contributed by atoms with Crippen LogP contribution in [-0.2, 0) is 4.79 Å². The molecule has 0 aromatic heterocycles. The summed E-state index contributed by atoms with van der Waals surface area (Å²) < 4.78 is 13.5. The van der Waals surface area contributed by atoms with E-state index in [0.717, 1.165) is 11.1 Å². The van der Waals surface area contributed by atoms with E-state index in [-0.39, 0.29) is 29.7 Å². The van der Waals surface area contributed by atoms with Gasteiger partial charge >= 0.3 is 0 Å². The summed E-state index contributed by atoms with van der Waals surface area (Å²) in [6.07, 6.45) is 0.581. The van der Waals surface area contributed by atoms with E-state index in [0.29, 0.717) is 25.1 Å². The first-order valence-electron chi connectivity index (χ1n) is 9.12. The summed E-state index contributed by atoms with van der Waals surface area (Å²) in [5.41, 5.74) is 2.02. The molecule has 27 heavy (non-hydrogen) atoms. The first-order valence-corrected chi connectivity index (χ1v) is 9.12. The van der Waals surface area contributed by atoms with Crippen LogP contribution >= 0.6 is 0 Å². The molecule has 2 N–H and O–H groups in total. The maximum absolute atomic E-state index is 13.5. The highest BCUT2D eigenvalue weighted by atomic mass is 19.1. The quantitative estimate of drug-likeness (QED) is 0.851. The third-order valence-corrected chi connectivity index (χ3v) is 4.82. The molecular weight excluding hydrogens is 345 g/mol. The summed E-state index contributed by atoms with van der Waals surface area (Å²) in [5, 5.41) is 5.84. The van der Waals surface area contributed by atoms with E-state index in [1.807, 2.05) is 31.0 Å². The maximum Gasteiger partial charge on any atom is 0.251 e. The third kappa shape index (κ3) is 4.52. The van der Waals surface area contributed by atoms with Crippen LogP contribution in [0.1, 0.15) is 23.7 Å². The summed E-state index contributed by atoms with van der Waals surface area (Å²) in [6, 6.07) is 13.1. The van der Waals surface area contributed by atoms with Crippen molar-refractivity contribution in [2.24, 2.45) is 0 Å². The Morgan fingerprint density at radius 1 is 1.15 bits per heavy atom. The molecule has 5 nitrogen and oxygen atoms in total. The van der Waals surface area contributed by atoms with Crippen LogP contribution in [0.25, 0.3) is 11.1 Å². The van der Waals surface area contributed by atoms with Crippen LogP contribution in [0, 0.1) is 5.82 Å². The lowest BCUT2D eigenvalue weighted by Gasteiger charge is -2.17. The number of nitrogens with zero attached hydrogens (tertiary/aromatic N) is 1. The van der Waals surface area contributed by atoms with Crippen molar-refractivity contribution in [1.82, 2.24) is 15.5 Å². The smallest absolute Gasteiger partial charge is 0.251 e. The fourth-order valence-electron chi connectivity index (χ4n) is 3.48. The zero-order valence-corrected chi connectivity index (χ0v) is 15.5. The van der Waals surface area contributed by atoms with Gasteiger partial charge in [-0.3, -0.25) is 14.5 Å². The van der Waals surface area contributed by atoms with Gasteiger partial charge in [-0.15, -0.1) is 0 Å². The van der Waals surface area contributed by atoms with Gasteiger partial charge in [-0.2, -0.15) is 0 Å². The molecule has 2 amide bonds. The Kier molecular flexibility index (Phi) is 5.86. The average Bonchev–Trinajstić information content (AvgIpc) is 3.02. The summed E-state index contributed by atoms with van der Waals surface area (Å²) in [7, 11) is 1.89. The molecule has 0 bridgehead atoms. The van der Waals surface area contributed by atoms with Crippen LogP contribution in [0.2, 0.25) is 0 Å². The fraction of sp³-hybridized carbons (Fsp3) is 0.333. The van der Waals surface area contributed by atoms with Gasteiger partial charge in [-0.1, -0.05) is 24.3 Å². The topological polar surface area (TPSA) is 61.4 Å². The predicted molar refractivity (Wildman–Crippen MR) is 103 cm³/mol. The van der Waals surface area contributed by atoms with Crippen molar-refractivity contribution in [2.75, 3.05) is 20.1 Å². The van der Waals surface area contributed by atoms with Gasteiger partial charge in [0.2, 0.25) is 5.91 Å². The summed E-state index contributed by atoms with van der Waals surface area (Å²) >= 11 is 0. The van der Waals surface area contributed by atoms with Gasteiger partial charge in [0.25, 0.3) is 5.91 Å². The largest absolute Gasteiger partial charge is 0.355 e. The van der Waals surface area contributed by atoms with E-state index >= 15 is 0 Å². The Hall–Kier alpha value is -2.73. The van der Waals surface area contributed by atoms with Crippen LogP contribution in [-0.4, -0.2) is 48.9 Å². The molecule has 0 saturated carbocycles. The van der Waals surface area contributed by atoms with Gasteiger partial charge in [0.05, 0.1) is 6.04 Å². The molecule has 0 radical (unpaired) electrons. The average molecular weight is 369 g/mol. The van der Waals surface area contributed by atoms with E-state index < -0.39 is 0 Å². The number of benzene rings is 2. The standard InChI is InChI=1S/C21H24FN3O2/c1-3-23-21(27)19-12-18(13-25(19)2)24-20(26)16-8-4-6-14(10-16)15-7-5-9-17(22)11-15/h4-11,18-19H,3,12-13H2,1-2H3,(H,23,27)(H,24,26). The van der Waals surface area contributed by atoms with Crippen molar-refractivity contribution in [3.8, 4) is 11.1 Å². The third-order valence-electron chi connectivity index (χ3n) is 4.82. The van der Waals surface area contributed by atoms with Gasteiger partial charge in [-0.25, -0.2) is 4.39 Å². The number of amides is 2. The first-order chi connectivity index (χ1) is 13.0. The molecule has 1 heterocycles. The molecule has 1 saturated heterocycles. The van der Waals surface area contributed by atoms with Gasteiger partial charge in [0.15, 0.2) is 0 Å². The number of nitrogens with one attached hydrogen (secondary N) is 2. The van der Waals surface area contributed by atoms with Gasteiger partial charge in [0, 0.05) is 24.7 Å². The van der Waals surface area contributed by atoms with Crippen molar-refractivity contribution < 1.29 is 14.0 Å². The van der Waals surface area contributed by atoms with E-state index in [1.54, 1.807) is 24.3 Å². The summed E-state index contributed by atoms with van der Waals surface area (Å²) in [6.45, 7) is 3.10. The highest BCUT2D eigenvalue weighted by molar-refractivity contribution is 5.95. The molecule has 2 atom stereocenters. The van der Waals surface area contributed by atoms with Crippen LogP contribution in [0.15, 0.2) is 48.5 Å². The fourth-order valence-corrected chi connectivity index (χ4v) is 3.48. The van der Waals surface area contributed by atoms with Crippen molar-refractivity contribution in [3.63, 3.8) is 0 Å². The van der Waals surface area contributed by atoms with Crippen molar-refractivity contribution in [1.29, 1.82) is 0 Å². The number of carbonyl (C=O) groups excluding carboxylic acids is 2. The molecule has 2 aromatic carbocycles. The molecule has 1 fully saturated rings. The Balaban J connectivity index is 1.68. The molecule has 0 spiro atoms. The van der Waals surface area contributed by atoms with Crippen molar-refractivity contribution in [2.45, 2.75) is 25.4 Å². The SMILES string of the molecule is CCNC(=O)C1CC(NC(=O)c2cccc(-c3cccc(F)c3)c2)CN1C. The summed E-state index contributed by atoms with van der Waals surface area (Å²) in [4.78, 5) is 26.7. The van der Waals surface area contributed by atoms with Crippen LogP contribution in [0.3, 0.4) is 0 Å². The highest BCUT2D eigenvalue weighted by Crippen LogP contribution is 2.22. The lowest BCUT2D eigenvalue weighted by molar-refractivity contribution is -0.124. The van der Waals surface area contributed by atoms with Gasteiger partial charge in [0.1, 0.15) is 5.82 Å². The minimum absolute atomic E-state index is 0.00940. The van der Waals surface area contributed by atoms with E-state index in [4.69, 9.17) is 0 Å². The number of hydrogen-bond acceptors (Lipinski definition) is 3. The first kappa shape index (κ1) is 19.0. The number of rotatable bonds is 5. The molecular formula is C21H24FN3O2. The van der Waals surface area contributed by atoms with Crippen LogP contribution in [0.4, 0.5) is 4.39 Å². The summed E-state index contributed by atoms with van der Waals surface area (Å²) in [5.74, 6) is -0.513. The number of likely N-dealkylation sites (tertiary alicyclic amines) is 1.